The maximum Gasteiger partial charge on any atom is 0.258 e. The molecule has 2 aromatic rings. The Bertz CT molecular complexity index is 644. The van der Waals surface area contributed by atoms with Crippen LogP contribution in [0, 0.1) is 0 Å². The molecule has 0 unspecified atom stereocenters. The number of nitrogens with one attached hydrogen (secondary N) is 2. The average molecular weight is 400 g/mol. The van der Waals surface area contributed by atoms with Crippen molar-refractivity contribution in [1.82, 2.24) is 15.6 Å². The zero-order valence-electron chi connectivity index (χ0n) is 15.3. The van der Waals surface area contributed by atoms with E-state index in [0.29, 0.717) is 5.75 Å². The predicted octanol–water partition coefficient (Wildman–Crippen LogP) is 3.51. The van der Waals surface area contributed by atoms with Crippen LogP contribution in [0.5, 0.6) is 5.75 Å². The van der Waals surface area contributed by atoms with Crippen molar-refractivity contribution in [3.05, 3.63) is 59.9 Å². The molecule has 0 spiro atoms. The Kier molecular flexibility index (Phi) is 10.9. The van der Waals surface area contributed by atoms with Gasteiger partial charge in [0, 0.05) is 31.0 Å². The number of aromatic nitrogens is 1. The number of hydrogen-bond acceptors (Lipinski definition) is 4. The highest BCUT2D eigenvalue weighted by Crippen LogP contribution is 2.12. The molecule has 0 aliphatic rings. The van der Waals surface area contributed by atoms with E-state index in [4.69, 9.17) is 4.74 Å². The number of ether oxygens (including phenoxy) is 1. The molecule has 0 fully saturated rings. The number of carbonyl (C=O) groups is 1. The Hall–Kier alpha value is -1.82. The molecule has 5 nitrogen and oxygen atoms in total. The van der Waals surface area contributed by atoms with Gasteiger partial charge in [0.05, 0.1) is 0 Å². The fourth-order valence-electron chi connectivity index (χ4n) is 2.16. The maximum absolute atomic E-state index is 11.7. The molecule has 0 aliphatic heterocycles. The van der Waals surface area contributed by atoms with Gasteiger partial charge >= 0.3 is 0 Å². The molecule has 7 heteroatoms. The second kappa shape index (κ2) is 11.7. The van der Waals surface area contributed by atoms with Gasteiger partial charge in [-0.05, 0) is 50.1 Å². The molecule has 1 heterocycles. The highest BCUT2D eigenvalue weighted by atomic mass is 35.5. The number of amides is 1. The molecule has 1 aromatic carbocycles. The standard InChI is InChI=1S/C19H25N3O2.2ClH/c1-19(2,3)22-18(23)14-24-17-8-6-15(7-9-17)11-21-13-16-5-4-10-20-12-16;;/h4-10,12,21H,11,13-14H2,1-3H3,(H,22,23);2*1H. The van der Waals surface area contributed by atoms with Gasteiger partial charge < -0.3 is 15.4 Å². The smallest absolute Gasteiger partial charge is 0.258 e. The second-order valence-corrected chi connectivity index (χ2v) is 6.70. The third-order valence-electron chi connectivity index (χ3n) is 3.19. The minimum atomic E-state index is -0.246. The van der Waals surface area contributed by atoms with Gasteiger partial charge in [-0.1, -0.05) is 18.2 Å². The summed E-state index contributed by atoms with van der Waals surface area (Å²) in [6, 6.07) is 11.7. The average Bonchev–Trinajstić information content (AvgIpc) is 2.53. The summed E-state index contributed by atoms with van der Waals surface area (Å²) in [5.41, 5.74) is 2.07. The first-order valence-corrected chi connectivity index (χ1v) is 8.05. The van der Waals surface area contributed by atoms with Crippen LogP contribution in [0.4, 0.5) is 0 Å². The van der Waals surface area contributed by atoms with Gasteiger partial charge in [0.25, 0.3) is 5.91 Å². The van der Waals surface area contributed by atoms with Crippen LogP contribution >= 0.6 is 24.8 Å². The normalized spacial score (nSPS) is 10.3. The van der Waals surface area contributed by atoms with Crippen LogP contribution in [0.15, 0.2) is 48.8 Å². The van der Waals surface area contributed by atoms with Crippen LogP contribution in [0.2, 0.25) is 0 Å². The molecule has 144 valence electrons. The Balaban J connectivity index is 0.00000312. The number of halogens is 2. The van der Waals surface area contributed by atoms with Crippen molar-refractivity contribution < 1.29 is 9.53 Å². The molecule has 1 amide bonds. The van der Waals surface area contributed by atoms with Crippen LogP contribution in [-0.2, 0) is 17.9 Å². The van der Waals surface area contributed by atoms with Gasteiger partial charge in [0.15, 0.2) is 6.61 Å². The minimum absolute atomic E-state index is 0. The van der Waals surface area contributed by atoms with E-state index in [1.807, 2.05) is 63.4 Å². The quantitative estimate of drug-likeness (QED) is 0.747. The molecule has 0 radical (unpaired) electrons. The van der Waals surface area contributed by atoms with E-state index in [2.05, 4.69) is 15.6 Å². The Labute approximate surface area is 167 Å². The molecule has 1 aromatic heterocycles. The number of pyridine rings is 1. The van der Waals surface area contributed by atoms with Crippen LogP contribution < -0.4 is 15.4 Å². The summed E-state index contributed by atoms with van der Waals surface area (Å²) in [5.74, 6) is 0.569. The fraction of sp³-hybridized carbons (Fsp3) is 0.368. The first-order chi connectivity index (χ1) is 11.4. The number of carbonyl (C=O) groups excluding carboxylic acids is 1. The molecule has 0 saturated carbocycles. The van der Waals surface area contributed by atoms with Gasteiger partial charge in [-0.2, -0.15) is 0 Å². The number of nitrogens with zero attached hydrogens (tertiary/aromatic N) is 1. The van der Waals surface area contributed by atoms with E-state index in [-0.39, 0.29) is 42.9 Å². The van der Waals surface area contributed by atoms with Crippen molar-refractivity contribution in [2.45, 2.75) is 39.4 Å². The summed E-state index contributed by atoms with van der Waals surface area (Å²) in [6.07, 6.45) is 3.62. The largest absolute Gasteiger partial charge is 0.484 e. The summed E-state index contributed by atoms with van der Waals surface area (Å²) in [5, 5.41) is 6.23. The summed E-state index contributed by atoms with van der Waals surface area (Å²) in [4.78, 5) is 15.8. The van der Waals surface area contributed by atoms with Crippen LogP contribution in [-0.4, -0.2) is 23.0 Å². The minimum Gasteiger partial charge on any atom is -0.484 e. The van der Waals surface area contributed by atoms with Crippen LogP contribution in [0.25, 0.3) is 0 Å². The summed E-state index contributed by atoms with van der Waals surface area (Å²) in [7, 11) is 0. The van der Waals surface area contributed by atoms with Crippen molar-refractivity contribution >= 4 is 30.7 Å². The molecule has 0 aliphatic carbocycles. The highest BCUT2D eigenvalue weighted by molar-refractivity contribution is 5.85. The monoisotopic (exact) mass is 399 g/mol. The van der Waals surface area contributed by atoms with E-state index < -0.39 is 0 Å². The first kappa shape index (κ1) is 24.2. The lowest BCUT2D eigenvalue weighted by Crippen LogP contribution is -2.43. The van der Waals surface area contributed by atoms with Crippen molar-refractivity contribution in [2.75, 3.05) is 6.61 Å². The number of benzene rings is 1. The predicted molar refractivity (Wildman–Crippen MR) is 109 cm³/mol. The molecule has 0 saturated heterocycles. The van der Waals surface area contributed by atoms with Gasteiger partial charge in [0.2, 0.25) is 0 Å². The van der Waals surface area contributed by atoms with Crippen LogP contribution in [0.1, 0.15) is 31.9 Å². The molecule has 2 rings (SSSR count). The summed E-state index contributed by atoms with van der Waals surface area (Å²) in [6.45, 7) is 7.39. The van der Waals surface area contributed by atoms with Gasteiger partial charge in [-0.15, -0.1) is 24.8 Å². The lowest BCUT2D eigenvalue weighted by Gasteiger charge is -2.20. The molecular formula is C19H27Cl2N3O2. The Morgan fingerprint density at radius 3 is 2.27 bits per heavy atom. The lowest BCUT2D eigenvalue weighted by atomic mass is 10.1. The highest BCUT2D eigenvalue weighted by Gasteiger charge is 2.13. The summed E-state index contributed by atoms with van der Waals surface area (Å²) < 4.78 is 5.50. The third-order valence-corrected chi connectivity index (χ3v) is 3.19. The van der Waals surface area contributed by atoms with Crippen molar-refractivity contribution in [3.8, 4) is 5.75 Å². The summed E-state index contributed by atoms with van der Waals surface area (Å²) >= 11 is 0. The second-order valence-electron chi connectivity index (χ2n) is 6.70. The van der Waals surface area contributed by atoms with E-state index >= 15 is 0 Å². The molecule has 2 N–H and O–H groups in total. The molecule has 26 heavy (non-hydrogen) atoms. The van der Waals surface area contributed by atoms with Crippen molar-refractivity contribution in [2.24, 2.45) is 0 Å². The van der Waals surface area contributed by atoms with Crippen LogP contribution in [0.3, 0.4) is 0 Å². The van der Waals surface area contributed by atoms with Crippen molar-refractivity contribution in [3.63, 3.8) is 0 Å². The Morgan fingerprint density at radius 1 is 1.04 bits per heavy atom. The van der Waals surface area contributed by atoms with Gasteiger partial charge in [-0.25, -0.2) is 0 Å². The van der Waals surface area contributed by atoms with Gasteiger partial charge in [0.1, 0.15) is 5.75 Å². The maximum atomic E-state index is 11.7. The molecule has 0 bridgehead atoms. The van der Waals surface area contributed by atoms with Crippen molar-refractivity contribution in [1.29, 1.82) is 0 Å². The molecule has 0 atom stereocenters. The van der Waals surface area contributed by atoms with E-state index in [0.717, 1.165) is 24.2 Å². The zero-order chi connectivity index (χ0) is 17.4. The first-order valence-electron chi connectivity index (χ1n) is 8.05. The third kappa shape index (κ3) is 9.61. The molecular weight excluding hydrogens is 373 g/mol. The van der Waals surface area contributed by atoms with Gasteiger partial charge in [-0.3, -0.25) is 9.78 Å². The number of rotatable bonds is 7. The van der Waals surface area contributed by atoms with E-state index in [1.54, 1.807) is 6.20 Å². The van der Waals surface area contributed by atoms with E-state index in [1.165, 1.54) is 0 Å². The number of hydrogen-bond donors (Lipinski definition) is 2. The Morgan fingerprint density at radius 2 is 1.69 bits per heavy atom. The topological polar surface area (TPSA) is 63.2 Å². The zero-order valence-corrected chi connectivity index (χ0v) is 17.0. The SMILES string of the molecule is CC(C)(C)NC(=O)COc1ccc(CNCc2cccnc2)cc1.Cl.Cl. The fourth-order valence-corrected chi connectivity index (χ4v) is 2.16. The van der Waals surface area contributed by atoms with E-state index in [9.17, 15) is 4.79 Å². The lowest BCUT2D eigenvalue weighted by molar-refractivity contribution is -0.124.